The van der Waals surface area contributed by atoms with Gasteiger partial charge in [-0.05, 0) is 67.6 Å². The number of rotatable bonds is 4. The van der Waals surface area contributed by atoms with Crippen LogP contribution in [0.3, 0.4) is 0 Å². The van der Waals surface area contributed by atoms with Crippen LogP contribution in [0.4, 0.5) is 5.69 Å². The third kappa shape index (κ3) is 3.31. The Morgan fingerprint density at radius 1 is 1.15 bits per heavy atom. The van der Waals surface area contributed by atoms with Gasteiger partial charge in [0.2, 0.25) is 0 Å². The van der Waals surface area contributed by atoms with Crippen LogP contribution in [0.2, 0.25) is 0 Å². The molecule has 1 heterocycles. The maximum absolute atomic E-state index is 12.8. The summed E-state index contributed by atoms with van der Waals surface area (Å²) in [4.78, 5) is 14.7. The van der Waals surface area contributed by atoms with Crippen molar-refractivity contribution < 1.29 is 4.79 Å². The molecular weight excluding hydrogens is 400 g/mol. The molecule has 0 saturated heterocycles. The molecule has 27 heavy (non-hydrogen) atoms. The molecule has 1 aliphatic heterocycles. The molecule has 0 unspecified atom stereocenters. The fourth-order valence-corrected chi connectivity index (χ4v) is 4.69. The summed E-state index contributed by atoms with van der Waals surface area (Å²) in [5, 5.41) is 3.75. The molecule has 0 radical (unpaired) electrons. The van der Waals surface area contributed by atoms with Crippen LogP contribution in [-0.4, -0.2) is 23.9 Å². The molecule has 0 fully saturated rings. The number of carbonyl (C=O) groups excluding carboxylic acids is 1. The first-order chi connectivity index (χ1) is 13.1. The minimum atomic E-state index is 0.122. The highest BCUT2D eigenvalue weighted by atomic mass is 79.9. The molecule has 0 aromatic heterocycles. The summed E-state index contributed by atoms with van der Waals surface area (Å²) < 4.78 is 1.10. The number of allylic oxidation sites excluding steroid dienone is 2. The monoisotopic (exact) mass is 424 g/mol. The van der Waals surface area contributed by atoms with Gasteiger partial charge in [-0.3, -0.25) is 4.79 Å². The number of nitrogens with one attached hydrogen (secondary N) is 1. The van der Waals surface area contributed by atoms with Gasteiger partial charge in [-0.1, -0.05) is 40.2 Å². The second kappa shape index (κ2) is 7.51. The Balaban J connectivity index is 1.69. The van der Waals surface area contributed by atoms with Crippen molar-refractivity contribution in [1.82, 2.24) is 4.90 Å². The van der Waals surface area contributed by atoms with Crippen LogP contribution in [0.15, 0.2) is 59.1 Å². The second-order valence-electron chi connectivity index (χ2n) is 7.31. The molecule has 3 atom stereocenters. The maximum Gasteiger partial charge on any atom is 0.253 e. The van der Waals surface area contributed by atoms with E-state index in [0.717, 1.165) is 35.2 Å². The van der Waals surface area contributed by atoms with E-state index in [1.807, 2.05) is 24.8 Å². The van der Waals surface area contributed by atoms with Crippen molar-refractivity contribution in [3.05, 3.63) is 75.8 Å². The molecule has 2 aromatic carbocycles. The van der Waals surface area contributed by atoms with Gasteiger partial charge in [-0.2, -0.15) is 0 Å². The van der Waals surface area contributed by atoms with Crippen molar-refractivity contribution in [2.24, 2.45) is 5.92 Å². The first kappa shape index (κ1) is 18.3. The standard InChI is InChI=1S/C23H25BrN2O/c1-3-26(4-2)23(27)16-10-13-21-20(14-16)18-6-5-7-19(18)22(25-21)15-8-11-17(24)12-9-15/h5-6,8-14,18-19,22,25H,3-4,7H2,1-2H3/t18-,19+,22-/m1/s1. The summed E-state index contributed by atoms with van der Waals surface area (Å²) in [6.07, 6.45) is 5.67. The Kier molecular flexibility index (Phi) is 5.09. The smallest absolute Gasteiger partial charge is 0.253 e. The van der Waals surface area contributed by atoms with Gasteiger partial charge < -0.3 is 10.2 Å². The number of nitrogens with zero attached hydrogens (tertiary/aromatic N) is 1. The Hall–Kier alpha value is -2.07. The predicted octanol–water partition coefficient (Wildman–Crippen LogP) is 5.76. The highest BCUT2D eigenvalue weighted by molar-refractivity contribution is 9.10. The maximum atomic E-state index is 12.8. The molecule has 0 spiro atoms. The van der Waals surface area contributed by atoms with E-state index in [1.165, 1.54) is 11.1 Å². The molecular formula is C23H25BrN2O. The van der Waals surface area contributed by atoms with Crippen molar-refractivity contribution >= 4 is 27.5 Å². The van der Waals surface area contributed by atoms with Crippen LogP contribution < -0.4 is 5.32 Å². The van der Waals surface area contributed by atoms with Crippen LogP contribution in [0.1, 0.15) is 53.7 Å². The number of carbonyl (C=O) groups is 1. The first-order valence-electron chi connectivity index (χ1n) is 9.74. The summed E-state index contributed by atoms with van der Waals surface area (Å²) in [5.41, 5.74) is 4.50. The van der Waals surface area contributed by atoms with Gasteiger partial charge >= 0.3 is 0 Å². The van der Waals surface area contributed by atoms with E-state index >= 15 is 0 Å². The lowest BCUT2D eigenvalue weighted by molar-refractivity contribution is 0.0773. The lowest BCUT2D eigenvalue weighted by Gasteiger charge is -2.38. The number of anilines is 1. The quantitative estimate of drug-likeness (QED) is 0.632. The van der Waals surface area contributed by atoms with Crippen LogP contribution in [-0.2, 0) is 0 Å². The zero-order chi connectivity index (χ0) is 19.0. The highest BCUT2D eigenvalue weighted by Gasteiger charge is 2.38. The van der Waals surface area contributed by atoms with Gasteiger partial charge in [-0.15, -0.1) is 0 Å². The molecule has 3 nitrogen and oxygen atoms in total. The summed E-state index contributed by atoms with van der Waals surface area (Å²) in [5.74, 6) is 0.966. The van der Waals surface area contributed by atoms with Gasteiger partial charge in [0, 0.05) is 34.7 Å². The molecule has 1 amide bonds. The van der Waals surface area contributed by atoms with Crippen molar-refractivity contribution in [2.45, 2.75) is 32.2 Å². The number of benzene rings is 2. The van der Waals surface area contributed by atoms with Gasteiger partial charge in [-0.25, -0.2) is 0 Å². The van der Waals surface area contributed by atoms with Crippen molar-refractivity contribution in [3.63, 3.8) is 0 Å². The summed E-state index contributed by atoms with van der Waals surface area (Å²) >= 11 is 3.53. The average Bonchev–Trinajstić information content (AvgIpc) is 3.19. The minimum Gasteiger partial charge on any atom is -0.378 e. The Labute approximate surface area is 169 Å². The highest BCUT2D eigenvalue weighted by Crippen LogP contribution is 2.50. The zero-order valence-corrected chi connectivity index (χ0v) is 17.4. The molecule has 4 heteroatoms. The van der Waals surface area contributed by atoms with Crippen molar-refractivity contribution in [2.75, 3.05) is 18.4 Å². The molecule has 0 saturated carbocycles. The van der Waals surface area contributed by atoms with E-state index < -0.39 is 0 Å². The van der Waals surface area contributed by atoms with Crippen molar-refractivity contribution in [1.29, 1.82) is 0 Å². The summed E-state index contributed by atoms with van der Waals surface area (Å²) in [6, 6.07) is 15.0. The lowest BCUT2D eigenvalue weighted by atomic mass is 9.76. The number of hydrogen-bond donors (Lipinski definition) is 1. The van der Waals surface area contributed by atoms with E-state index in [1.54, 1.807) is 0 Å². The third-order valence-corrected chi connectivity index (χ3v) is 6.42. The second-order valence-corrected chi connectivity index (χ2v) is 8.22. The minimum absolute atomic E-state index is 0.122. The van der Waals surface area contributed by atoms with Crippen LogP contribution >= 0.6 is 15.9 Å². The molecule has 2 aliphatic rings. The summed E-state index contributed by atoms with van der Waals surface area (Å²) in [7, 11) is 0. The van der Waals surface area contributed by atoms with E-state index in [0.29, 0.717) is 11.8 Å². The van der Waals surface area contributed by atoms with Gasteiger partial charge in [0.25, 0.3) is 5.91 Å². The molecule has 1 N–H and O–H groups in total. The molecule has 140 valence electrons. The molecule has 0 bridgehead atoms. The normalized spacial score (nSPS) is 22.7. The number of halogens is 1. The van der Waals surface area contributed by atoms with Gasteiger partial charge in [0.05, 0.1) is 6.04 Å². The van der Waals surface area contributed by atoms with Crippen LogP contribution in [0.5, 0.6) is 0 Å². The van der Waals surface area contributed by atoms with E-state index in [4.69, 9.17) is 0 Å². The van der Waals surface area contributed by atoms with E-state index in [-0.39, 0.29) is 11.9 Å². The topological polar surface area (TPSA) is 32.3 Å². The Morgan fingerprint density at radius 3 is 2.59 bits per heavy atom. The Morgan fingerprint density at radius 2 is 1.89 bits per heavy atom. The average molecular weight is 425 g/mol. The number of hydrogen-bond acceptors (Lipinski definition) is 2. The Bertz CT molecular complexity index is 870. The fourth-order valence-electron chi connectivity index (χ4n) is 4.42. The molecule has 2 aromatic rings. The first-order valence-corrected chi connectivity index (χ1v) is 10.5. The van der Waals surface area contributed by atoms with E-state index in [2.05, 4.69) is 69.8 Å². The third-order valence-electron chi connectivity index (χ3n) is 5.89. The largest absolute Gasteiger partial charge is 0.378 e. The fraction of sp³-hybridized carbons (Fsp3) is 0.348. The van der Waals surface area contributed by atoms with Gasteiger partial charge in [0.1, 0.15) is 0 Å². The SMILES string of the molecule is CCN(CC)C(=O)c1ccc2c(c1)[C@@H]1C=CC[C@@H]1[C@@H](c1ccc(Br)cc1)N2. The zero-order valence-electron chi connectivity index (χ0n) is 15.8. The van der Waals surface area contributed by atoms with Crippen molar-refractivity contribution in [3.8, 4) is 0 Å². The summed E-state index contributed by atoms with van der Waals surface area (Å²) in [6.45, 7) is 5.53. The molecule has 4 rings (SSSR count). The number of amides is 1. The number of fused-ring (bicyclic) bond motifs is 3. The van der Waals surface area contributed by atoms with Crippen LogP contribution in [0, 0.1) is 5.92 Å². The van der Waals surface area contributed by atoms with Crippen LogP contribution in [0.25, 0.3) is 0 Å². The lowest BCUT2D eigenvalue weighted by Crippen LogP contribution is -2.32. The predicted molar refractivity (Wildman–Crippen MR) is 114 cm³/mol. The van der Waals surface area contributed by atoms with E-state index in [9.17, 15) is 4.79 Å². The molecule has 1 aliphatic carbocycles. The van der Waals surface area contributed by atoms with Gasteiger partial charge in [0.15, 0.2) is 0 Å².